The highest BCUT2D eigenvalue weighted by Gasteiger charge is 2.39. The van der Waals surface area contributed by atoms with Crippen molar-refractivity contribution in [3.8, 4) is 0 Å². The summed E-state index contributed by atoms with van der Waals surface area (Å²) in [4.78, 5) is 13.0. The van der Waals surface area contributed by atoms with Crippen LogP contribution >= 0.6 is 0 Å². The van der Waals surface area contributed by atoms with E-state index in [1.807, 2.05) is 18.7 Å². The Morgan fingerprint density at radius 2 is 1.82 bits per heavy atom. The first-order chi connectivity index (χ1) is 10.4. The van der Waals surface area contributed by atoms with Gasteiger partial charge in [-0.3, -0.25) is 9.69 Å². The fraction of sp³-hybridized carbons (Fsp3) is 0.929. The van der Waals surface area contributed by atoms with Crippen LogP contribution in [0.5, 0.6) is 0 Å². The predicted octanol–water partition coefficient (Wildman–Crippen LogP) is 0.490. The fourth-order valence-electron chi connectivity index (χ4n) is 2.98. The van der Waals surface area contributed by atoms with Gasteiger partial charge in [-0.25, -0.2) is 0 Å². The molecule has 0 aromatic carbocycles. The summed E-state index contributed by atoms with van der Waals surface area (Å²) in [6.07, 6.45) is 3.75. The minimum Gasteiger partial charge on any atom is -0.480 e. The van der Waals surface area contributed by atoms with Crippen molar-refractivity contribution in [3.63, 3.8) is 0 Å². The van der Waals surface area contributed by atoms with Crippen molar-refractivity contribution in [3.05, 3.63) is 0 Å². The molecule has 2 aliphatic rings. The Morgan fingerprint density at radius 1 is 1.23 bits per heavy atom. The number of hydrogen-bond donors (Lipinski definition) is 2. The van der Waals surface area contributed by atoms with Crippen molar-refractivity contribution in [2.75, 3.05) is 26.2 Å². The molecule has 2 N–H and O–H groups in total. The Kier molecular flexibility index (Phi) is 5.81. The van der Waals surface area contributed by atoms with Crippen LogP contribution < -0.4 is 4.72 Å². The van der Waals surface area contributed by atoms with Gasteiger partial charge in [0.05, 0.1) is 6.54 Å². The van der Waals surface area contributed by atoms with E-state index in [0.29, 0.717) is 31.8 Å². The molecule has 0 amide bonds. The van der Waals surface area contributed by atoms with Crippen LogP contribution in [-0.4, -0.2) is 67.0 Å². The quantitative estimate of drug-likeness (QED) is 0.607. The Balaban J connectivity index is 1.83. The van der Waals surface area contributed by atoms with Crippen LogP contribution in [0.25, 0.3) is 0 Å². The van der Waals surface area contributed by atoms with Crippen LogP contribution in [0.15, 0.2) is 0 Å². The minimum absolute atomic E-state index is 0.0523. The number of rotatable bonds is 10. The monoisotopic (exact) mass is 333 g/mol. The number of hydrogen-bond acceptors (Lipinski definition) is 4. The Morgan fingerprint density at radius 3 is 2.27 bits per heavy atom. The van der Waals surface area contributed by atoms with E-state index in [0.717, 1.165) is 6.54 Å². The van der Waals surface area contributed by atoms with Gasteiger partial charge in [-0.15, -0.1) is 0 Å². The van der Waals surface area contributed by atoms with Gasteiger partial charge < -0.3 is 5.11 Å². The molecule has 0 saturated heterocycles. The molecule has 0 unspecified atom stereocenters. The smallest absolute Gasteiger partial charge is 0.317 e. The van der Waals surface area contributed by atoms with E-state index < -0.39 is 16.2 Å². The number of carboxylic acids is 1. The third kappa shape index (κ3) is 4.65. The van der Waals surface area contributed by atoms with Gasteiger partial charge in [0.25, 0.3) is 10.2 Å². The van der Waals surface area contributed by atoms with Crippen LogP contribution in [-0.2, 0) is 15.0 Å². The van der Waals surface area contributed by atoms with Crippen molar-refractivity contribution in [2.24, 2.45) is 5.92 Å². The topological polar surface area (TPSA) is 90.0 Å². The normalized spacial score (nSPS) is 25.5. The molecule has 2 fully saturated rings. The maximum atomic E-state index is 12.1. The SMILES string of the molecule is CCN(CC)S(=O)(=O)NC1CC(N(CC(=O)O)CC2CC2)C1. The molecule has 22 heavy (non-hydrogen) atoms. The molecule has 2 rings (SSSR count). The van der Waals surface area contributed by atoms with Crippen molar-refractivity contribution in [1.82, 2.24) is 13.9 Å². The van der Waals surface area contributed by atoms with Crippen LogP contribution in [0, 0.1) is 5.92 Å². The van der Waals surface area contributed by atoms with Gasteiger partial charge in [-0.1, -0.05) is 13.8 Å². The second kappa shape index (κ2) is 7.25. The summed E-state index contributed by atoms with van der Waals surface area (Å²) in [7, 11) is -3.42. The van der Waals surface area contributed by atoms with Crippen molar-refractivity contribution in [1.29, 1.82) is 0 Å². The Labute approximate surface area is 132 Å². The summed E-state index contributed by atoms with van der Waals surface area (Å²) in [6, 6.07) is 0.104. The van der Waals surface area contributed by atoms with Crippen LogP contribution in [0.3, 0.4) is 0 Å². The van der Waals surface area contributed by atoms with E-state index in [1.165, 1.54) is 17.1 Å². The van der Waals surface area contributed by atoms with Crippen molar-refractivity contribution in [2.45, 2.75) is 51.6 Å². The van der Waals surface area contributed by atoms with Crippen molar-refractivity contribution >= 4 is 16.2 Å². The molecule has 2 saturated carbocycles. The lowest BCUT2D eigenvalue weighted by Crippen LogP contribution is -2.57. The molecule has 0 heterocycles. The number of carbonyl (C=O) groups is 1. The summed E-state index contributed by atoms with van der Waals surface area (Å²) in [5.74, 6) is -0.182. The molecule has 128 valence electrons. The van der Waals surface area contributed by atoms with Crippen LogP contribution in [0.4, 0.5) is 0 Å². The first-order valence-electron chi connectivity index (χ1n) is 8.09. The van der Waals surface area contributed by atoms with Gasteiger partial charge in [-0.2, -0.15) is 17.4 Å². The lowest BCUT2D eigenvalue weighted by Gasteiger charge is -2.43. The van der Waals surface area contributed by atoms with Gasteiger partial charge >= 0.3 is 5.97 Å². The second-order valence-electron chi connectivity index (χ2n) is 6.30. The highest BCUT2D eigenvalue weighted by molar-refractivity contribution is 7.87. The van der Waals surface area contributed by atoms with Crippen LogP contribution in [0.2, 0.25) is 0 Å². The molecule has 0 bridgehead atoms. The molecule has 7 nitrogen and oxygen atoms in total. The molecule has 2 aliphatic carbocycles. The maximum absolute atomic E-state index is 12.1. The van der Waals surface area contributed by atoms with E-state index in [2.05, 4.69) is 4.72 Å². The summed E-state index contributed by atoms with van der Waals surface area (Å²) >= 11 is 0. The third-order valence-electron chi connectivity index (χ3n) is 4.52. The van der Waals surface area contributed by atoms with Gasteiger partial charge in [0.2, 0.25) is 0 Å². The third-order valence-corrected chi connectivity index (χ3v) is 6.35. The first kappa shape index (κ1) is 17.7. The average molecular weight is 333 g/mol. The molecule has 0 atom stereocenters. The lowest BCUT2D eigenvalue weighted by atomic mass is 9.86. The largest absolute Gasteiger partial charge is 0.480 e. The summed E-state index contributed by atoms with van der Waals surface area (Å²) in [5.41, 5.74) is 0. The Bertz CT molecular complexity index is 482. The molecule has 0 spiro atoms. The van der Waals surface area contributed by atoms with Gasteiger partial charge in [-0.05, 0) is 31.6 Å². The molecular weight excluding hydrogens is 306 g/mol. The van der Waals surface area contributed by atoms with Crippen LogP contribution in [0.1, 0.15) is 39.5 Å². The zero-order valence-corrected chi connectivity index (χ0v) is 14.2. The molecular formula is C14H27N3O4S. The number of nitrogens with zero attached hydrogens (tertiary/aromatic N) is 2. The number of aliphatic carboxylic acids is 1. The van der Waals surface area contributed by atoms with Gasteiger partial charge in [0.15, 0.2) is 0 Å². The summed E-state index contributed by atoms with van der Waals surface area (Å²) < 4.78 is 28.4. The van der Waals surface area contributed by atoms with E-state index >= 15 is 0 Å². The molecule has 0 aliphatic heterocycles. The number of carboxylic acid groups (broad SMARTS) is 1. The van der Waals surface area contributed by atoms with Gasteiger partial charge in [0.1, 0.15) is 0 Å². The summed E-state index contributed by atoms with van der Waals surface area (Å²) in [6.45, 7) is 5.42. The van der Waals surface area contributed by atoms with E-state index in [9.17, 15) is 13.2 Å². The second-order valence-corrected chi connectivity index (χ2v) is 8.00. The average Bonchev–Trinajstić information content (AvgIpc) is 3.17. The Hall–Kier alpha value is -0.700. The predicted molar refractivity (Wildman–Crippen MR) is 83.7 cm³/mol. The molecule has 8 heteroatoms. The van der Waals surface area contributed by atoms with Gasteiger partial charge in [0, 0.05) is 31.7 Å². The van der Waals surface area contributed by atoms with E-state index in [1.54, 1.807) is 0 Å². The summed E-state index contributed by atoms with van der Waals surface area (Å²) in [5, 5.41) is 9.01. The van der Waals surface area contributed by atoms with E-state index in [-0.39, 0.29) is 18.6 Å². The zero-order valence-electron chi connectivity index (χ0n) is 13.4. The highest BCUT2D eigenvalue weighted by Crippen LogP contribution is 2.34. The number of nitrogens with one attached hydrogen (secondary N) is 1. The molecule has 0 aromatic rings. The molecule has 0 aromatic heterocycles. The molecule has 0 radical (unpaired) electrons. The standard InChI is InChI=1S/C14H27N3O4S/c1-3-17(4-2)22(20,21)15-12-7-13(8-12)16(10-14(18)19)9-11-5-6-11/h11-13,15H,3-10H2,1-2H3,(H,18,19). The zero-order chi connectivity index (χ0) is 16.3. The van der Waals surface area contributed by atoms with Crippen molar-refractivity contribution < 1.29 is 18.3 Å². The highest BCUT2D eigenvalue weighted by atomic mass is 32.2. The van der Waals surface area contributed by atoms with E-state index in [4.69, 9.17) is 5.11 Å². The fourth-order valence-corrected chi connectivity index (χ4v) is 4.42. The lowest BCUT2D eigenvalue weighted by molar-refractivity contribution is -0.139. The maximum Gasteiger partial charge on any atom is 0.317 e. The first-order valence-corrected chi connectivity index (χ1v) is 9.53. The minimum atomic E-state index is -3.42.